The highest BCUT2D eigenvalue weighted by Crippen LogP contribution is 2.26. The van der Waals surface area contributed by atoms with E-state index in [4.69, 9.17) is 0 Å². The number of aromatic nitrogens is 1. The third-order valence-corrected chi connectivity index (χ3v) is 3.99. The Balaban J connectivity index is 2.44. The van der Waals surface area contributed by atoms with Crippen molar-refractivity contribution in [2.45, 2.75) is 39.5 Å². The van der Waals surface area contributed by atoms with Crippen LogP contribution in [-0.2, 0) is 13.3 Å². The van der Waals surface area contributed by atoms with Gasteiger partial charge in [-0.25, -0.2) is 0 Å². The molecule has 0 aliphatic heterocycles. The molecule has 3 heteroatoms. The zero-order valence-corrected chi connectivity index (χ0v) is 11.3. The summed E-state index contributed by atoms with van der Waals surface area (Å²) in [4.78, 5) is 0. The maximum atomic E-state index is 9.69. The Bertz CT molecular complexity index is 702. The lowest BCUT2D eigenvalue weighted by molar-refractivity contribution is 0.189. The molecule has 0 atom stereocenters. The molecule has 0 unspecified atom stereocenters. The van der Waals surface area contributed by atoms with Crippen molar-refractivity contribution in [3.05, 3.63) is 45.6 Å². The summed E-state index contributed by atoms with van der Waals surface area (Å²) in [6.07, 6.45) is 9.40. The van der Waals surface area contributed by atoms with Crippen molar-refractivity contribution in [3.63, 3.8) is 0 Å². The van der Waals surface area contributed by atoms with Crippen LogP contribution in [0.15, 0.2) is 23.8 Å². The summed E-state index contributed by atoms with van der Waals surface area (Å²) in [6.45, 7) is 4.14. The van der Waals surface area contributed by atoms with E-state index in [-0.39, 0.29) is 13.3 Å². The van der Waals surface area contributed by atoms with Crippen LogP contribution in [0.2, 0.25) is 0 Å². The number of aliphatic hydroxyl groups is 2. The Morgan fingerprint density at radius 2 is 2.11 bits per heavy atom. The Morgan fingerprint density at radius 3 is 2.74 bits per heavy atom. The van der Waals surface area contributed by atoms with E-state index < -0.39 is 0 Å². The lowest BCUT2D eigenvalue weighted by Crippen LogP contribution is -2.30. The van der Waals surface area contributed by atoms with E-state index in [1.807, 2.05) is 4.57 Å². The van der Waals surface area contributed by atoms with Gasteiger partial charge in [0.05, 0.1) is 17.6 Å². The summed E-state index contributed by atoms with van der Waals surface area (Å²) < 4.78 is 1.86. The van der Waals surface area contributed by atoms with Crippen LogP contribution in [0.25, 0.3) is 11.6 Å². The third kappa shape index (κ3) is 1.66. The van der Waals surface area contributed by atoms with Gasteiger partial charge in [0.1, 0.15) is 6.73 Å². The van der Waals surface area contributed by atoms with Crippen molar-refractivity contribution < 1.29 is 10.2 Å². The van der Waals surface area contributed by atoms with Crippen LogP contribution in [0.5, 0.6) is 0 Å². The molecule has 0 aromatic carbocycles. The van der Waals surface area contributed by atoms with E-state index in [0.717, 1.165) is 23.0 Å². The van der Waals surface area contributed by atoms with Crippen molar-refractivity contribution in [2.75, 3.05) is 0 Å². The number of hydrogen-bond donors (Lipinski definition) is 2. The Hall–Kier alpha value is -1.58. The lowest BCUT2D eigenvalue weighted by atomic mass is 10.00. The Morgan fingerprint density at radius 1 is 1.32 bits per heavy atom. The van der Waals surface area contributed by atoms with Gasteiger partial charge < -0.3 is 14.8 Å². The van der Waals surface area contributed by atoms with Crippen LogP contribution in [0.3, 0.4) is 0 Å². The molecule has 1 aromatic heterocycles. The molecule has 1 aromatic rings. The summed E-state index contributed by atoms with van der Waals surface area (Å²) in [5, 5.41) is 21.6. The number of fused-ring (bicyclic) bond motifs is 2. The van der Waals surface area contributed by atoms with Gasteiger partial charge in [0.2, 0.25) is 0 Å². The van der Waals surface area contributed by atoms with E-state index in [0.29, 0.717) is 5.92 Å². The van der Waals surface area contributed by atoms with Crippen molar-refractivity contribution in [3.8, 4) is 0 Å². The average Bonchev–Trinajstić information content (AvgIpc) is 2.91. The monoisotopic (exact) mass is 257 g/mol. The van der Waals surface area contributed by atoms with Gasteiger partial charge in [0.15, 0.2) is 0 Å². The molecule has 2 aliphatic carbocycles. The second-order valence-corrected chi connectivity index (χ2v) is 5.38. The van der Waals surface area contributed by atoms with E-state index in [1.54, 1.807) is 0 Å². The number of hydrogen-bond acceptors (Lipinski definition) is 2. The second kappa shape index (κ2) is 4.51. The first-order valence-electron chi connectivity index (χ1n) is 6.74. The molecule has 0 spiro atoms. The highest BCUT2D eigenvalue weighted by molar-refractivity contribution is 5.84. The molecule has 3 nitrogen and oxygen atoms in total. The fourth-order valence-corrected chi connectivity index (χ4v) is 3.25. The summed E-state index contributed by atoms with van der Waals surface area (Å²) >= 11 is 0. The molecule has 2 aliphatic rings. The van der Waals surface area contributed by atoms with Crippen LogP contribution in [0.4, 0.5) is 0 Å². The van der Waals surface area contributed by atoms with E-state index >= 15 is 0 Å². The zero-order chi connectivity index (χ0) is 13.6. The highest BCUT2D eigenvalue weighted by Gasteiger charge is 2.23. The Labute approximate surface area is 112 Å². The molecule has 0 bridgehead atoms. The molecule has 0 radical (unpaired) electrons. The molecule has 0 fully saturated rings. The molecule has 0 saturated heterocycles. The molecular formula is C16H19NO2. The van der Waals surface area contributed by atoms with Crippen molar-refractivity contribution in [1.29, 1.82) is 0 Å². The summed E-state index contributed by atoms with van der Waals surface area (Å²) in [6, 6.07) is 0. The van der Waals surface area contributed by atoms with E-state index in [1.165, 1.54) is 16.4 Å². The predicted octanol–water partition coefficient (Wildman–Crippen LogP) is 0.885. The van der Waals surface area contributed by atoms with Crippen LogP contribution in [0.1, 0.15) is 37.4 Å². The molecular weight excluding hydrogens is 238 g/mol. The fraction of sp³-hybridized carbons (Fsp3) is 0.375. The van der Waals surface area contributed by atoms with Gasteiger partial charge >= 0.3 is 0 Å². The molecule has 3 rings (SSSR count). The second-order valence-electron chi connectivity index (χ2n) is 5.38. The zero-order valence-electron chi connectivity index (χ0n) is 11.3. The minimum Gasteiger partial charge on any atom is -0.390 e. The van der Waals surface area contributed by atoms with Gasteiger partial charge in [-0.1, -0.05) is 32.1 Å². The van der Waals surface area contributed by atoms with E-state index in [9.17, 15) is 10.2 Å². The minimum atomic E-state index is -0.0840. The van der Waals surface area contributed by atoms with Crippen molar-refractivity contribution in [1.82, 2.24) is 4.57 Å². The van der Waals surface area contributed by atoms with Gasteiger partial charge in [-0.05, 0) is 35.1 Å². The lowest BCUT2D eigenvalue weighted by Gasteiger charge is -2.12. The third-order valence-electron chi connectivity index (χ3n) is 3.99. The molecule has 19 heavy (non-hydrogen) atoms. The van der Waals surface area contributed by atoms with Gasteiger partial charge in [-0.15, -0.1) is 0 Å². The van der Waals surface area contributed by atoms with Gasteiger partial charge in [0.25, 0.3) is 0 Å². The Kier molecular flexibility index (Phi) is 2.96. The minimum absolute atomic E-state index is 0.0307. The highest BCUT2D eigenvalue weighted by atomic mass is 16.3. The SMILES string of the molecule is CC(C)c1c(CO)n(CO)c2c1=CC1=CC=CCC=21. The summed E-state index contributed by atoms with van der Waals surface area (Å²) in [5.74, 6) is 0.328. The molecule has 2 N–H and O–H groups in total. The topological polar surface area (TPSA) is 45.4 Å². The quantitative estimate of drug-likeness (QED) is 0.844. The van der Waals surface area contributed by atoms with Crippen molar-refractivity contribution in [2.24, 2.45) is 0 Å². The summed E-state index contributed by atoms with van der Waals surface area (Å²) in [5.41, 5.74) is 4.50. The number of allylic oxidation sites excluding steroid dienone is 4. The van der Waals surface area contributed by atoms with Crippen LogP contribution >= 0.6 is 0 Å². The van der Waals surface area contributed by atoms with Crippen molar-refractivity contribution >= 4 is 11.6 Å². The maximum absolute atomic E-state index is 9.69. The first-order valence-corrected chi connectivity index (χ1v) is 6.74. The van der Waals surface area contributed by atoms with Gasteiger partial charge in [0, 0.05) is 5.22 Å². The molecule has 0 amide bonds. The number of rotatable bonds is 3. The summed E-state index contributed by atoms with van der Waals surface area (Å²) in [7, 11) is 0. The molecule has 1 heterocycles. The molecule has 0 saturated carbocycles. The predicted molar refractivity (Wildman–Crippen MR) is 75.6 cm³/mol. The normalized spacial score (nSPS) is 16.5. The first kappa shape index (κ1) is 12.5. The average molecular weight is 257 g/mol. The number of aliphatic hydroxyl groups excluding tert-OH is 2. The van der Waals surface area contributed by atoms with Crippen LogP contribution in [-0.4, -0.2) is 14.8 Å². The fourth-order valence-electron chi connectivity index (χ4n) is 3.25. The number of nitrogens with zero attached hydrogens (tertiary/aromatic N) is 1. The van der Waals surface area contributed by atoms with Crippen LogP contribution in [0, 0.1) is 0 Å². The maximum Gasteiger partial charge on any atom is 0.120 e. The first-order chi connectivity index (χ1) is 9.19. The standard InChI is InChI=1S/C16H19NO2/c1-10(2)15-13-7-11-5-3-4-6-12(11)16(13)17(9-19)14(15)8-18/h3-5,7,10,18-19H,6,8-9H2,1-2H3. The van der Waals surface area contributed by atoms with Crippen LogP contribution < -0.4 is 10.6 Å². The van der Waals surface area contributed by atoms with E-state index in [2.05, 4.69) is 38.2 Å². The van der Waals surface area contributed by atoms with Gasteiger partial charge in [-0.2, -0.15) is 0 Å². The largest absolute Gasteiger partial charge is 0.390 e. The molecule has 100 valence electrons. The smallest absolute Gasteiger partial charge is 0.120 e. The van der Waals surface area contributed by atoms with Gasteiger partial charge in [-0.3, -0.25) is 0 Å².